The summed E-state index contributed by atoms with van der Waals surface area (Å²) in [7, 11) is 0. The van der Waals surface area contributed by atoms with E-state index in [4.69, 9.17) is 22.7 Å². The van der Waals surface area contributed by atoms with E-state index in [2.05, 4.69) is 0 Å². The first-order chi connectivity index (χ1) is 9.61. The highest BCUT2D eigenvalue weighted by Crippen LogP contribution is 2.29. The molecule has 0 atom stereocenters. The predicted octanol–water partition coefficient (Wildman–Crippen LogP) is 1.96. The van der Waals surface area contributed by atoms with Gasteiger partial charge in [-0.2, -0.15) is 0 Å². The van der Waals surface area contributed by atoms with Crippen molar-refractivity contribution in [3.05, 3.63) is 29.8 Å². The van der Waals surface area contributed by atoms with E-state index in [1.54, 1.807) is 12.1 Å². The van der Waals surface area contributed by atoms with Crippen molar-refractivity contribution in [2.45, 2.75) is 19.8 Å². The van der Waals surface area contributed by atoms with Crippen molar-refractivity contribution in [1.29, 1.82) is 0 Å². The quantitative estimate of drug-likeness (QED) is 0.781. The number of hydrogen-bond donors (Lipinski definition) is 1. The minimum absolute atomic E-state index is 0.0112. The number of nitrogens with two attached hydrogens (primary N) is 1. The van der Waals surface area contributed by atoms with Gasteiger partial charge in [0.15, 0.2) is 6.61 Å². The monoisotopic (exact) mass is 292 g/mol. The van der Waals surface area contributed by atoms with Crippen LogP contribution in [0.3, 0.4) is 0 Å². The summed E-state index contributed by atoms with van der Waals surface area (Å²) in [6.07, 6.45) is 2.46. The zero-order chi connectivity index (χ0) is 14.5. The van der Waals surface area contributed by atoms with Gasteiger partial charge in [-0.3, -0.25) is 4.79 Å². The number of likely N-dealkylation sites (N-methyl/N-ethyl adjacent to an activating group) is 1. The Morgan fingerprint density at radius 2 is 2.15 bits per heavy atom. The Hall–Kier alpha value is -1.62. The van der Waals surface area contributed by atoms with Crippen LogP contribution in [0.5, 0.6) is 5.75 Å². The third-order valence-corrected chi connectivity index (χ3v) is 3.63. The maximum Gasteiger partial charge on any atom is 0.260 e. The highest BCUT2D eigenvalue weighted by molar-refractivity contribution is 7.80. The Bertz CT molecular complexity index is 500. The van der Waals surface area contributed by atoms with E-state index in [1.807, 2.05) is 24.0 Å². The van der Waals surface area contributed by atoms with Crippen LogP contribution in [0.1, 0.15) is 25.3 Å². The van der Waals surface area contributed by atoms with Gasteiger partial charge in [0.1, 0.15) is 10.7 Å². The van der Waals surface area contributed by atoms with Crippen molar-refractivity contribution >= 4 is 23.1 Å². The van der Waals surface area contributed by atoms with Gasteiger partial charge in [-0.05, 0) is 37.8 Å². The second-order valence-corrected chi connectivity index (χ2v) is 5.46. The average Bonchev–Trinajstić information content (AvgIpc) is 3.26. The number of amides is 1. The number of carbonyl (C=O) groups is 1. The van der Waals surface area contributed by atoms with E-state index < -0.39 is 0 Å². The Balaban J connectivity index is 1.93. The number of ether oxygens (including phenoxy) is 1. The van der Waals surface area contributed by atoms with Crippen LogP contribution in [-0.2, 0) is 4.79 Å². The van der Waals surface area contributed by atoms with Crippen LogP contribution in [0.15, 0.2) is 24.3 Å². The number of benzene rings is 1. The van der Waals surface area contributed by atoms with Crippen LogP contribution in [0.2, 0.25) is 0 Å². The van der Waals surface area contributed by atoms with Gasteiger partial charge in [0, 0.05) is 13.1 Å². The van der Waals surface area contributed by atoms with E-state index in [1.165, 1.54) is 12.8 Å². The van der Waals surface area contributed by atoms with Gasteiger partial charge in [-0.25, -0.2) is 0 Å². The lowest BCUT2D eigenvalue weighted by Gasteiger charge is -2.21. The van der Waals surface area contributed by atoms with E-state index in [0.29, 0.717) is 17.2 Å². The van der Waals surface area contributed by atoms with Crippen molar-refractivity contribution in [2.24, 2.45) is 11.7 Å². The smallest absolute Gasteiger partial charge is 0.260 e. The van der Waals surface area contributed by atoms with Gasteiger partial charge in [-0.15, -0.1) is 0 Å². The molecule has 5 heteroatoms. The van der Waals surface area contributed by atoms with Gasteiger partial charge in [0.05, 0.1) is 5.56 Å². The Morgan fingerprint density at radius 1 is 1.45 bits per heavy atom. The van der Waals surface area contributed by atoms with Gasteiger partial charge < -0.3 is 15.4 Å². The maximum atomic E-state index is 12.1. The van der Waals surface area contributed by atoms with Crippen molar-refractivity contribution in [3.63, 3.8) is 0 Å². The van der Waals surface area contributed by atoms with Crippen molar-refractivity contribution in [1.82, 2.24) is 4.90 Å². The molecule has 0 bridgehead atoms. The number of para-hydroxylation sites is 1. The topological polar surface area (TPSA) is 55.6 Å². The Labute approximate surface area is 124 Å². The SMILES string of the molecule is CCN(CC1CC1)C(=O)COc1ccccc1C(N)=S. The van der Waals surface area contributed by atoms with Crippen molar-refractivity contribution < 1.29 is 9.53 Å². The summed E-state index contributed by atoms with van der Waals surface area (Å²) in [6.45, 7) is 3.58. The molecular formula is C15H20N2O2S. The standard InChI is InChI=1S/C15H20N2O2S/c1-2-17(9-11-7-8-11)14(18)10-19-13-6-4-3-5-12(13)15(16)20/h3-6,11H,2,7-10H2,1H3,(H2,16,20). The summed E-state index contributed by atoms with van der Waals surface area (Å²) in [5, 5.41) is 0. The van der Waals surface area contributed by atoms with Crippen LogP contribution >= 0.6 is 12.2 Å². The molecule has 2 rings (SSSR count). The minimum atomic E-state index is 0.0112. The summed E-state index contributed by atoms with van der Waals surface area (Å²) in [6, 6.07) is 7.25. The number of carbonyl (C=O) groups excluding carboxylic acids is 1. The summed E-state index contributed by atoms with van der Waals surface area (Å²) < 4.78 is 5.59. The van der Waals surface area contributed by atoms with Crippen molar-refractivity contribution in [2.75, 3.05) is 19.7 Å². The van der Waals surface area contributed by atoms with Gasteiger partial charge in [0.2, 0.25) is 0 Å². The first-order valence-corrected chi connectivity index (χ1v) is 7.32. The molecule has 0 radical (unpaired) electrons. The molecular weight excluding hydrogens is 272 g/mol. The minimum Gasteiger partial charge on any atom is -0.483 e. The largest absolute Gasteiger partial charge is 0.483 e. The fourth-order valence-electron chi connectivity index (χ4n) is 2.05. The zero-order valence-electron chi connectivity index (χ0n) is 11.7. The molecule has 0 heterocycles. The molecule has 4 nitrogen and oxygen atoms in total. The molecule has 108 valence electrons. The fraction of sp³-hybridized carbons (Fsp3) is 0.467. The summed E-state index contributed by atoms with van der Waals surface area (Å²) in [5.74, 6) is 1.26. The van der Waals surface area contributed by atoms with Gasteiger partial charge >= 0.3 is 0 Å². The first kappa shape index (κ1) is 14.8. The third-order valence-electron chi connectivity index (χ3n) is 3.41. The molecule has 20 heavy (non-hydrogen) atoms. The molecule has 0 aliphatic heterocycles. The van der Waals surface area contributed by atoms with E-state index in [0.717, 1.165) is 13.1 Å². The molecule has 0 saturated heterocycles. The molecule has 1 aromatic carbocycles. The van der Waals surface area contributed by atoms with Crippen molar-refractivity contribution in [3.8, 4) is 5.75 Å². The molecule has 2 N–H and O–H groups in total. The zero-order valence-corrected chi connectivity index (χ0v) is 12.5. The summed E-state index contributed by atoms with van der Waals surface area (Å²) in [4.78, 5) is 14.3. The lowest BCUT2D eigenvalue weighted by Crippen LogP contribution is -2.36. The van der Waals surface area contributed by atoms with E-state index in [9.17, 15) is 4.79 Å². The molecule has 1 amide bonds. The van der Waals surface area contributed by atoms with Crippen LogP contribution in [0, 0.1) is 5.92 Å². The lowest BCUT2D eigenvalue weighted by atomic mass is 10.2. The van der Waals surface area contributed by atoms with Crippen LogP contribution in [0.4, 0.5) is 0 Å². The molecule has 1 aromatic rings. The molecule has 1 saturated carbocycles. The van der Waals surface area contributed by atoms with Crippen LogP contribution in [-0.4, -0.2) is 35.5 Å². The summed E-state index contributed by atoms with van der Waals surface area (Å²) in [5.41, 5.74) is 6.30. The summed E-state index contributed by atoms with van der Waals surface area (Å²) >= 11 is 4.97. The third kappa shape index (κ3) is 3.93. The van der Waals surface area contributed by atoms with Crippen LogP contribution in [0.25, 0.3) is 0 Å². The second-order valence-electron chi connectivity index (χ2n) is 5.02. The first-order valence-electron chi connectivity index (χ1n) is 6.91. The molecule has 1 fully saturated rings. The van der Waals surface area contributed by atoms with E-state index >= 15 is 0 Å². The number of hydrogen-bond acceptors (Lipinski definition) is 3. The molecule has 0 aromatic heterocycles. The normalized spacial score (nSPS) is 13.8. The second kappa shape index (κ2) is 6.70. The number of nitrogens with zero attached hydrogens (tertiary/aromatic N) is 1. The van der Waals surface area contributed by atoms with Gasteiger partial charge in [0.25, 0.3) is 5.91 Å². The predicted molar refractivity (Wildman–Crippen MR) is 82.8 cm³/mol. The molecule has 0 unspecified atom stereocenters. The molecule has 1 aliphatic rings. The Morgan fingerprint density at radius 3 is 2.75 bits per heavy atom. The molecule has 1 aliphatic carbocycles. The van der Waals surface area contributed by atoms with Crippen LogP contribution < -0.4 is 10.5 Å². The highest BCUT2D eigenvalue weighted by Gasteiger charge is 2.26. The van der Waals surface area contributed by atoms with E-state index in [-0.39, 0.29) is 17.5 Å². The fourth-order valence-corrected chi connectivity index (χ4v) is 2.21. The highest BCUT2D eigenvalue weighted by atomic mass is 32.1. The average molecular weight is 292 g/mol. The maximum absolute atomic E-state index is 12.1. The lowest BCUT2D eigenvalue weighted by molar-refractivity contribution is -0.133. The number of thiocarbonyl (C=S) groups is 1. The number of rotatable bonds is 7. The molecule has 0 spiro atoms. The van der Waals surface area contributed by atoms with Gasteiger partial charge in [-0.1, -0.05) is 24.4 Å². The Kier molecular flexibility index (Phi) is 4.95.